The highest BCUT2D eigenvalue weighted by molar-refractivity contribution is 5.89. The molecule has 1 unspecified atom stereocenters. The van der Waals surface area contributed by atoms with Gasteiger partial charge in [0.25, 0.3) is 0 Å². The third kappa shape index (κ3) is 45.8. The maximum atomic E-state index is 14.3. The second-order valence-electron chi connectivity index (χ2n) is 19.8. The highest BCUT2D eigenvalue weighted by Gasteiger charge is 2.26. The highest BCUT2D eigenvalue weighted by atomic mass is 16.2. The topological polar surface area (TPSA) is 132 Å². The van der Waals surface area contributed by atoms with E-state index in [1.165, 1.54) is 180 Å². The minimum absolute atomic E-state index is 0.0207. The predicted octanol–water partition coefficient (Wildman–Crippen LogP) is 12.0. The fraction of sp³-hybridized carbons (Fsp3) is 0.945. The van der Waals surface area contributed by atoms with Crippen molar-refractivity contribution in [3.8, 4) is 0 Å². The van der Waals surface area contributed by atoms with Crippen LogP contribution >= 0.6 is 0 Å². The Bertz CT molecular complexity index is 980. The van der Waals surface area contributed by atoms with Crippen molar-refractivity contribution in [2.75, 3.05) is 73.0 Å². The molecule has 0 aliphatic carbocycles. The van der Waals surface area contributed by atoms with Gasteiger partial charge < -0.3 is 36.8 Å². The molecule has 0 bridgehead atoms. The van der Waals surface area contributed by atoms with E-state index in [1.54, 1.807) is 19.0 Å². The zero-order chi connectivity index (χ0) is 47.5. The van der Waals surface area contributed by atoms with Crippen molar-refractivity contribution in [3.63, 3.8) is 0 Å². The normalized spacial score (nSPS) is 11.9. The molecule has 6 N–H and O–H groups in total. The molecule has 0 aromatic heterocycles. The van der Waals surface area contributed by atoms with Crippen LogP contribution in [0.3, 0.4) is 0 Å². The average molecular weight is 921 g/mol. The summed E-state index contributed by atoms with van der Waals surface area (Å²) in [6.07, 6.45) is 47.1. The lowest BCUT2D eigenvalue weighted by atomic mass is 10.0. The van der Waals surface area contributed by atoms with E-state index in [4.69, 9.17) is 5.73 Å². The molecule has 1 atom stereocenters. The summed E-state index contributed by atoms with van der Waals surface area (Å²) < 4.78 is 0. The first-order valence-corrected chi connectivity index (χ1v) is 28.5. The fourth-order valence-electron chi connectivity index (χ4n) is 8.77. The van der Waals surface area contributed by atoms with Gasteiger partial charge in [-0.1, -0.05) is 206 Å². The molecule has 386 valence electrons. The maximum absolute atomic E-state index is 14.3. The van der Waals surface area contributed by atoms with Crippen LogP contribution in [0.25, 0.3) is 0 Å². The summed E-state index contributed by atoms with van der Waals surface area (Å²) in [7, 11) is 3.50. The molecular formula is C55H113N7O3. The van der Waals surface area contributed by atoms with Crippen LogP contribution in [0, 0.1) is 0 Å². The third-order valence-corrected chi connectivity index (χ3v) is 13.2. The summed E-state index contributed by atoms with van der Waals surface area (Å²) in [5.74, 6) is -0.223. The van der Waals surface area contributed by atoms with Crippen molar-refractivity contribution in [3.05, 3.63) is 0 Å². The van der Waals surface area contributed by atoms with Gasteiger partial charge in [0, 0.05) is 33.6 Å². The molecule has 0 spiro atoms. The van der Waals surface area contributed by atoms with E-state index >= 15 is 0 Å². The highest BCUT2D eigenvalue weighted by Crippen LogP contribution is 2.17. The molecule has 0 aliphatic rings. The molecule has 10 heteroatoms. The van der Waals surface area contributed by atoms with E-state index in [2.05, 4.69) is 35.1 Å². The number of nitrogens with two attached hydrogens (primary N) is 1. The van der Waals surface area contributed by atoms with Gasteiger partial charge in [-0.05, 0) is 84.2 Å². The first-order chi connectivity index (χ1) is 31.9. The minimum Gasteiger partial charge on any atom is -0.349 e. The lowest BCUT2D eigenvalue weighted by Crippen LogP contribution is -2.51. The fourth-order valence-corrected chi connectivity index (χ4v) is 8.77. The molecule has 0 saturated carbocycles. The summed E-state index contributed by atoms with van der Waals surface area (Å²) >= 11 is 0. The Labute approximate surface area is 404 Å². The molecule has 10 nitrogen and oxygen atoms in total. The Hall–Kier alpha value is -1.75. The minimum atomic E-state index is -0.693. The van der Waals surface area contributed by atoms with Crippen LogP contribution in [0.5, 0.6) is 0 Å². The maximum Gasteiger partial charge on any atom is 0.245 e. The number of hydrogen-bond donors (Lipinski definition) is 5. The average Bonchev–Trinajstić information content (AvgIpc) is 3.30. The van der Waals surface area contributed by atoms with Gasteiger partial charge >= 0.3 is 0 Å². The Morgan fingerprint density at radius 1 is 0.431 bits per heavy atom. The molecule has 0 fully saturated rings. The standard InChI is InChI=1S/C55H113N7O3/c1-5-7-9-11-13-15-17-19-21-23-25-27-29-31-33-37-49-62(50-38-34-32-30-28-26-24-22-20-18-16-14-12-10-8-6-2)55(65)52(41-42-54(64)61(3)4)60-53(63)51-59-48-40-47-58-45-36-35-44-57-46-39-43-56/h52,57-59H,5-51,56H2,1-4H3,(H,60,63). The second-order valence-corrected chi connectivity index (χ2v) is 19.8. The summed E-state index contributed by atoms with van der Waals surface area (Å²) in [6.45, 7) is 11.6. The number of nitrogens with zero attached hydrogens (tertiary/aromatic N) is 2. The Kier molecular flexibility index (Phi) is 50.2. The molecule has 0 radical (unpaired) electrons. The number of nitrogens with one attached hydrogen (secondary N) is 4. The summed E-state index contributed by atoms with van der Waals surface area (Å²) in [5, 5.41) is 13.2. The van der Waals surface area contributed by atoms with Crippen LogP contribution in [0.2, 0.25) is 0 Å². The quantitative estimate of drug-likeness (QED) is 0.0384. The van der Waals surface area contributed by atoms with Gasteiger partial charge in [0.05, 0.1) is 6.54 Å². The predicted molar refractivity (Wildman–Crippen MR) is 282 cm³/mol. The Morgan fingerprint density at radius 3 is 1.14 bits per heavy atom. The lowest BCUT2D eigenvalue weighted by molar-refractivity contribution is -0.137. The zero-order valence-electron chi connectivity index (χ0n) is 44.0. The number of unbranched alkanes of at least 4 members (excludes halogenated alkanes) is 31. The van der Waals surface area contributed by atoms with Crippen molar-refractivity contribution in [2.24, 2.45) is 5.73 Å². The van der Waals surface area contributed by atoms with E-state index < -0.39 is 6.04 Å². The van der Waals surface area contributed by atoms with Gasteiger partial charge in [0.2, 0.25) is 17.7 Å². The third-order valence-electron chi connectivity index (χ3n) is 13.2. The molecule has 0 aliphatic heterocycles. The lowest BCUT2D eigenvalue weighted by Gasteiger charge is -2.28. The van der Waals surface area contributed by atoms with Crippen molar-refractivity contribution < 1.29 is 14.4 Å². The van der Waals surface area contributed by atoms with Crippen LogP contribution in [0.15, 0.2) is 0 Å². The smallest absolute Gasteiger partial charge is 0.245 e. The molecule has 0 rings (SSSR count). The van der Waals surface area contributed by atoms with E-state index in [9.17, 15) is 14.4 Å². The van der Waals surface area contributed by atoms with Gasteiger partial charge in [-0.3, -0.25) is 14.4 Å². The number of carbonyl (C=O) groups excluding carboxylic acids is 3. The summed E-state index contributed by atoms with van der Waals surface area (Å²) in [5.41, 5.74) is 5.55. The SMILES string of the molecule is CCCCCCCCCCCCCCCCCCN(CCCCCCCCCCCCCCCCCC)C(=O)C(CCC(=O)N(C)C)NC(=O)CNCCCNCCCCNCCCN. The first-order valence-electron chi connectivity index (χ1n) is 28.5. The van der Waals surface area contributed by atoms with Crippen LogP contribution < -0.4 is 27.0 Å². The van der Waals surface area contributed by atoms with Gasteiger partial charge in [-0.25, -0.2) is 0 Å². The van der Waals surface area contributed by atoms with Crippen LogP contribution in [-0.2, 0) is 14.4 Å². The van der Waals surface area contributed by atoms with Gasteiger partial charge in [0.15, 0.2) is 0 Å². The Morgan fingerprint density at radius 2 is 0.769 bits per heavy atom. The van der Waals surface area contributed by atoms with Crippen molar-refractivity contribution in [1.82, 2.24) is 31.1 Å². The number of amides is 3. The number of rotatable bonds is 53. The molecule has 0 aromatic rings. The van der Waals surface area contributed by atoms with Crippen molar-refractivity contribution in [1.29, 1.82) is 0 Å². The van der Waals surface area contributed by atoms with E-state index in [1.807, 2.05) is 4.90 Å². The summed E-state index contributed by atoms with van der Waals surface area (Å²) in [6, 6.07) is -0.693. The number of hydrogen-bond acceptors (Lipinski definition) is 7. The molecule has 0 aromatic carbocycles. The van der Waals surface area contributed by atoms with Crippen LogP contribution in [-0.4, -0.2) is 107 Å². The van der Waals surface area contributed by atoms with Gasteiger partial charge in [0.1, 0.15) is 6.04 Å². The molecule has 65 heavy (non-hydrogen) atoms. The van der Waals surface area contributed by atoms with Gasteiger partial charge in [-0.2, -0.15) is 0 Å². The monoisotopic (exact) mass is 920 g/mol. The Balaban J connectivity index is 4.88. The molecule has 0 saturated heterocycles. The van der Waals surface area contributed by atoms with E-state index in [0.717, 1.165) is 104 Å². The van der Waals surface area contributed by atoms with Crippen LogP contribution in [0.1, 0.15) is 258 Å². The molecule has 0 heterocycles. The van der Waals surface area contributed by atoms with E-state index in [-0.39, 0.29) is 30.7 Å². The zero-order valence-corrected chi connectivity index (χ0v) is 44.0. The van der Waals surface area contributed by atoms with Crippen LogP contribution in [0.4, 0.5) is 0 Å². The van der Waals surface area contributed by atoms with E-state index in [0.29, 0.717) is 6.42 Å². The van der Waals surface area contributed by atoms with Crippen molar-refractivity contribution >= 4 is 17.7 Å². The van der Waals surface area contributed by atoms with Gasteiger partial charge in [-0.15, -0.1) is 0 Å². The largest absolute Gasteiger partial charge is 0.349 e. The molecular weight excluding hydrogens is 807 g/mol. The number of carbonyl (C=O) groups is 3. The summed E-state index contributed by atoms with van der Waals surface area (Å²) in [4.78, 5) is 43.8. The van der Waals surface area contributed by atoms with Crippen molar-refractivity contribution in [2.45, 2.75) is 264 Å². The molecule has 3 amide bonds. The first kappa shape index (κ1) is 63.2. The second kappa shape index (κ2) is 51.6.